The molecule has 1 atom stereocenters. The third-order valence-corrected chi connectivity index (χ3v) is 5.80. The molecule has 0 unspecified atom stereocenters. The van der Waals surface area contributed by atoms with Gasteiger partial charge in [0.1, 0.15) is 15.0 Å². The number of amides is 1. The topological polar surface area (TPSA) is 83.5 Å². The van der Waals surface area contributed by atoms with Crippen molar-refractivity contribution < 1.29 is 13.2 Å². The Morgan fingerprint density at radius 1 is 1.29 bits per heavy atom. The molecule has 1 spiro atoms. The minimum Gasteiger partial charge on any atom is -0.340 e. The van der Waals surface area contributed by atoms with E-state index in [1.807, 2.05) is 0 Å². The lowest BCUT2D eigenvalue weighted by atomic mass is 9.72. The van der Waals surface area contributed by atoms with E-state index in [1.165, 1.54) is 12.5 Å². The number of carbonyl (C=O) groups is 1. The number of hydrogen-bond donors (Lipinski definition) is 0. The number of likely N-dealkylation sites (tertiary alicyclic amines) is 2. The first-order chi connectivity index (χ1) is 11.3. The van der Waals surface area contributed by atoms with Gasteiger partial charge in [-0.05, 0) is 19.4 Å². The zero-order valence-corrected chi connectivity index (χ0v) is 15.2. The number of hydrogen-bond acceptors (Lipinski definition) is 6. The normalized spacial score (nSPS) is 25.1. The van der Waals surface area contributed by atoms with Crippen molar-refractivity contribution in [1.29, 1.82) is 0 Å². The molecule has 0 radical (unpaired) electrons. The predicted octanol–water partition coefficient (Wildman–Crippen LogP) is 0.599. The van der Waals surface area contributed by atoms with Crippen LogP contribution in [0.5, 0.6) is 0 Å². The fourth-order valence-corrected chi connectivity index (χ4v) is 4.17. The molecule has 7 nitrogen and oxygen atoms in total. The fraction of sp³-hybridized carbons (Fsp3) is 0.667. The Labute approximate surface area is 146 Å². The second-order valence-electron chi connectivity index (χ2n) is 6.78. The number of aromatic nitrogens is 2. The van der Waals surface area contributed by atoms with Crippen LogP contribution in [0.4, 0.5) is 0 Å². The molecular weight excluding hydrogens is 352 g/mol. The highest BCUT2D eigenvalue weighted by molar-refractivity contribution is 7.90. The van der Waals surface area contributed by atoms with E-state index < -0.39 is 9.84 Å². The number of halogens is 1. The maximum atomic E-state index is 12.6. The molecule has 0 bridgehead atoms. The number of β-lactam (4-membered cyclic amide) rings is 1. The quantitative estimate of drug-likeness (QED) is 0.704. The third-order valence-electron chi connectivity index (χ3n) is 4.68. The van der Waals surface area contributed by atoms with Gasteiger partial charge in [-0.1, -0.05) is 11.6 Å². The summed E-state index contributed by atoms with van der Waals surface area (Å²) in [6.45, 7) is 3.18. The summed E-state index contributed by atoms with van der Waals surface area (Å²) in [6, 6.07) is 0. The van der Waals surface area contributed by atoms with Crippen LogP contribution in [0.3, 0.4) is 0 Å². The van der Waals surface area contributed by atoms with E-state index in [0.717, 1.165) is 25.1 Å². The van der Waals surface area contributed by atoms with Crippen LogP contribution in [0.1, 0.15) is 18.5 Å². The molecule has 1 amide bonds. The van der Waals surface area contributed by atoms with Gasteiger partial charge in [0.05, 0.1) is 29.3 Å². The third kappa shape index (κ3) is 3.87. The Bertz CT molecular complexity index is 725. The highest BCUT2D eigenvalue weighted by Gasteiger charge is 2.53. The second kappa shape index (κ2) is 6.57. The molecule has 3 rings (SSSR count). The molecule has 132 valence electrons. The lowest BCUT2D eigenvalue weighted by Crippen LogP contribution is -2.67. The number of rotatable bonds is 5. The molecule has 0 N–H and O–H groups in total. The summed E-state index contributed by atoms with van der Waals surface area (Å²) < 4.78 is 22.5. The van der Waals surface area contributed by atoms with Gasteiger partial charge in [0, 0.05) is 32.4 Å². The van der Waals surface area contributed by atoms with Crippen LogP contribution in [0.2, 0.25) is 5.15 Å². The molecular formula is C15H21ClN4O3S. The molecule has 0 aliphatic carbocycles. The molecule has 0 aromatic carbocycles. The maximum Gasteiger partial charge on any atom is 0.231 e. The number of piperidine rings is 1. The van der Waals surface area contributed by atoms with Crippen molar-refractivity contribution in [2.45, 2.75) is 19.4 Å². The van der Waals surface area contributed by atoms with Crippen LogP contribution in [0.25, 0.3) is 0 Å². The molecule has 0 saturated carbocycles. The maximum absolute atomic E-state index is 12.6. The van der Waals surface area contributed by atoms with Crippen molar-refractivity contribution in [2.75, 3.05) is 38.2 Å². The molecule has 2 aliphatic heterocycles. The van der Waals surface area contributed by atoms with Gasteiger partial charge >= 0.3 is 0 Å². The van der Waals surface area contributed by atoms with Crippen molar-refractivity contribution in [3.05, 3.63) is 23.2 Å². The highest BCUT2D eigenvalue weighted by atomic mass is 35.5. The van der Waals surface area contributed by atoms with Gasteiger partial charge in [-0.25, -0.2) is 13.4 Å². The Balaban J connectivity index is 1.58. The largest absolute Gasteiger partial charge is 0.340 e. The van der Waals surface area contributed by atoms with E-state index in [0.29, 0.717) is 31.3 Å². The van der Waals surface area contributed by atoms with Crippen molar-refractivity contribution in [1.82, 2.24) is 19.8 Å². The summed E-state index contributed by atoms with van der Waals surface area (Å²) in [5.41, 5.74) is 0.479. The lowest BCUT2D eigenvalue weighted by Gasteiger charge is -2.53. The number of carbonyl (C=O) groups excluding carboxylic acids is 1. The first kappa shape index (κ1) is 17.6. The predicted molar refractivity (Wildman–Crippen MR) is 90.3 cm³/mol. The van der Waals surface area contributed by atoms with Crippen molar-refractivity contribution in [3.8, 4) is 0 Å². The minimum atomic E-state index is -3.05. The molecule has 24 heavy (non-hydrogen) atoms. The standard InChI is InChI=1S/C15H21ClN4O3S/c1-24(22,23)6-5-20-11-15(14(20)21)3-2-4-19(10-15)9-12-7-18-13(16)8-17-12/h7-8H,2-6,9-11H2,1H3/t15-/m0/s1. The summed E-state index contributed by atoms with van der Waals surface area (Å²) in [5, 5.41) is 0.365. The van der Waals surface area contributed by atoms with Crippen LogP contribution >= 0.6 is 11.6 Å². The summed E-state index contributed by atoms with van der Waals surface area (Å²) in [7, 11) is -3.05. The molecule has 1 aromatic heterocycles. The lowest BCUT2D eigenvalue weighted by molar-refractivity contribution is -0.165. The number of nitrogens with zero attached hydrogens (tertiary/aromatic N) is 4. The molecule has 3 heterocycles. The molecule has 2 aliphatic rings. The first-order valence-electron chi connectivity index (χ1n) is 7.93. The zero-order chi connectivity index (χ0) is 17.4. The smallest absolute Gasteiger partial charge is 0.231 e. The van der Waals surface area contributed by atoms with Gasteiger partial charge in [0.15, 0.2) is 0 Å². The second-order valence-corrected chi connectivity index (χ2v) is 9.43. The summed E-state index contributed by atoms with van der Waals surface area (Å²) in [4.78, 5) is 24.7. The van der Waals surface area contributed by atoms with Crippen molar-refractivity contribution >= 4 is 27.3 Å². The highest BCUT2D eigenvalue weighted by Crippen LogP contribution is 2.40. The Morgan fingerprint density at radius 3 is 2.71 bits per heavy atom. The fourth-order valence-electron chi connectivity index (χ4n) is 3.52. The van der Waals surface area contributed by atoms with E-state index in [9.17, 15) is 13.2 Å². The molecule has 9 heteroatoms. The Morgan fingerprint density at radius 2 is 2.08 bits per heavy atom. The Kier molecular flexibility index (Phi) is 4.81. The summed E-state index contributed by atoms with van der Waals surface area (Å²) >= 11 is 5.75. The van der Waals surface area contributed by atoms with Gasteiger partial charge in [0.25, 0.3) is 0 Å². The van der Waals surface area contributed by atoms with Gasteiger partial charge in [-0.3, -0.25) is 14.7 Å². The van der Waals surface area contributed by atoms with Crippen LogP contribution in [0.15, 0.2) is 12.4 Å². The SMILES string of the molecule is CS(=O)(=O)CCN1C[C@@]2(CCCN(Cc3cnc(Cl)cn3)C2)C1=O. The van der Waals surface area contributed by atoms with Crippen molar-refractivity contribution in [2.24, 2.45) is 5.41 Å². The number of sulfone groups is 1. The average Bonchev–Trinajstić information content (AvgIpc) is 2.53. The van der Waals surface area contributed by atoms with E-state index in [1.54, 1.807) is 11.1 Å². The summed E-state index contributed by atoms with van der Waals surface area (Å²) in [6.07, 6.45) is 6.20. The first-order valence-corrected chi connectivity index (χ1v) is 10.4. The van der Waals surface area contributed by atoms with E-state index in [2.05, 4.69) is 14.9 Å². The Hall–Kier alpha value is -1.25. The molecule has 2 fully saturated rings. The average molecular weight is 373 g/mol. The van der Waals surface area contributed by atoms with E-state index in [4.69, 9.17) is 11.6 Å². The van der Waals surface area contributed by atoms with Gasteiger partial charge < -0.3 is 4.90 Å². The minimum absolute atomic E-state index is 0.0267. The molecule has 1 aromatic rings. The van der Waals surface area contributed by atoms with Crippen LogP contribution < -0.4 is 0 Å². The van der Waals surface area contributed by atoms with E-state index in [-0.39, 0.29) is 17.1 Å². The van der Waals surface area contributed by atoms with Crippen LogP contribution in [-0.4, -0.2) is 72.3 Å². The van der Waals surface area contributed by atoms with Crippen LogP contribution in [-0.2, 0) is 21.2 Å². The van der Waals surface area contributed by atoms with Crippen LogP contribution in [0, 0.1) is 5.41 Å². The zero-order valence-electron chi connectivity index (χ0n) is 13.6. The molecule has 2 saturated heterocycles. The van der Waals surface area contributed by atoms with Gasteiger partial charge in [0.2, 0.25) is 5.91 Å². The summed E-state index contributed by atoms with van der Waals surface area (Å²) in [5.74, 6) is 0.108. The van der Waals surface area contributed by atoms with Crippen molar-refractivity contribution in [3.63, 3.8) is 0 Å². The monoisotopic (exact) mass is 372 g/mol. The van der Waals surface area contributed by atoms with Gasteiger partial charge in [-0.2, -0.15) is 0 Å². The van der Waals surface area contributed by atoms with E-state index >= 15 is 0 Å². The van der Waals surface area contributed by atoms with Gasteiger partial charge in [-0.15, -0.1) is 0 Å².